The Balaban J connectivity index is 1.73. The van der Waals surface area contributed by atoms with Gasteiger partial charge in [-0.15, -0.1) is 0 Å². The molecule has 126 valence electrons. The first kappa shape index (κ1) is 17.1. The Labute approximate surface area is 153 Å². The molecule has 0 bridgehead atoms. The normalized spacial score (nSPS) is 11.0. The van der Waals surface area contributed by atoms with E-state index in [1.807, 2.05) is 24.3 Å². The molecule has 2 aromatic carbocycles. The molecule has 5 nitrogen and oxygen atoms in total. The molecule has 1 aromatic heterocycles. The van der Waals surface area contributed by atoms with Crippen molar-refractivity contribution in [2.45, 2.75) is 6.92 Å². The summed E-state index contributed by atoms with van der Waals surface area (Å²) in [7, 11) is 0. The summed E-state index contributed by atoms with van der Waals surface area (Å²) in [5.74, 6) is -0.428. The van der Waals surface area contributed by atoms with Gasteiger partial charge >= 0.3 is 0 Å². The number of amides is 2. The number of halogens is 1. The maximum absolute atomic E-state index is 12.1. The van der Waals surface area contributed by atoms with Gasteiger partial charge < -0.3 is 5.32 Å². The van der Waals surface area contributed by atoms with E-state index < -0.39 is 0 Å². The third-order valence-corrected chi connectivity index (χ3v) is 4.54. The van der Waals surface area contributed by atoms with Crippen LogP contribution in [0.4, 0.5) is 10.8 Å². The molecule has 0 atom stereocenters. The van der Waals surface area contributed by atoms with Crippen LogP contribution in [0.3, 0.4) is 0 Å². The Kier molecular flexibility index (Phi) is 5.11. The monoisotopic (exact) mass is 371 g/mol. The van der Waals surface area contributed by atoms with Gasteiger partial charge in [0.2, 0.25) is 11.8 Å². The molecule has 0 saturated heterocycles. The first-order valence-electron chi connectivity index (χ1n) is 7.43. The van der Waals surface area contributed by atoms with Crippen LogP contribution in [0.15, 0.2) is 48.5 Å². The molecule has 0 fully saturated rings. The van der Waals surface area contributed by atoms with E-state index in [4.69, 9.17) is 11.6 Å². The lowest BCUT2D eigenvalue weighted by molar-refractivity contribution is -0.114. The molecule has 0 aliphatic rings. The molecular weight excluding hydrogens is 358 g/mol. The first-order valence-corrected chi connectivity index (χ1v) is 8.62. The number of anilines is 2. The maximum atomic E-state index is 12.1. The summed E-state index contributed by atoms with van der Waals surface area (Å²) in [4.78, 5) is 27.5. The first-order chi connectivity index (χ1) is 12.0. The largest absolute Gasteiger partial charge is 0.326 e. The third-order valence-electron chi connectivity index (χ3n) is 3.26. The summed E-state index contributed by atoms with van der Waals surface area (Å²) in [5, 5.41) is 6.52. The Hall–Kier alpha value is -2.70. The van der Waals surface area contributed by atoms with Gasteiger partial charge in [-0.3, -0.25) is 14.9 Å². The lowest BCUT2D eigenvalue weighted by Crippen LogP contribution is -2.07. The van der Waals surface area contributed by atoms with Crippen LogP contribution in [-0.2, 0) is 9.59 Å². The quantitative estimate of drug-likeness (QED) is 0.660. The summed E-state index contributed by atoms with van der Waals surface area (Å²) in [6.45, 7) is 1.45. The SMILES string of the molecule is CC(=O)Nc1ccc2nc(NC(=O)C=Cc3ccccc3Cl)sc2c1. The summed E-state index contributed by atoms with van der Waals surface area (Å²) < 4.78 is 0.872. The molecule has 3 rings (SSSR count). The van der Waals surface area contributed by atoms with Crippen LogP contribution in [0.5, 0.6) is 0 Å². The number of benzene rings is 2. The van der Waals surface area contributed by atoms with E-state index in [1.165, 1.54) is 24.3 Å². The van der Waals surface area contributed by atoms with Crippen LogP contribution in [0.2, 0.25) is 5.02 Å². The second-order valence-electron chi connectivity index (χ2n) is 5.23. The second-order valence-corrected chi connectivity index (χ2v) is 6.66. The van der Waals surface area contributed by atoms with Crippen LogP contribution in [0.1, 0.15) is 12.5 Å². The second kappa shape index (κ2) is 7.46. The van der Waals surface area contributed by atoms with E-state index in [2.05, 4.69) is 15.6 Å². The zero-order valence-electron chi connectivity index (χ0n) is 13.2. The fourth-order valence-electron chi connectivity index (χ4n) is 2.18. The Morgan fingerprint density at radius 1 is 1.16 bits per heavy atom. The molecule has 0 spiro atoms. The van der Waals surface area contributed by atoms with Crippen LogP contribution >= 0.6 is 22.9 Å². The van der Waals surface area contributed by atoms with E-state index in [0.29, 0.717) is 15.8 Å². The van der Waals surface area contributed by atoms with Crippen LogP contribution in [0.25, 0.3) is 16.3 Å². The van der Waals surface area contributed by atoms with Gasteiger partial charge in [-0.05, 0) is 35.9 Å². The molecule has 2 amide bonds. The molecule has 0 radical (unpaired) electrons. The van der Waals surface area contributed by atoms with Crippen molar-refractivity contribution in [1.29, 1.82) is 0 Å². The van der Waals surface area contributed by atoms with Gasteiger partial charge in [0, 0.05) is 23.7 Å². The summed E-state index contributed by atoms with van der Waals surface area (Å²) >= 11 is 7.39. The third kappa shape index (κ3) is 4.43. The number of carbonyl (C=O) groups excluding carboxylic acids is 2. The predicted octanol–water partition coefficient (Wildman–Crippen LogP) is 4.56. The van der Waals surface area contributed by atoms with Crippen molar-refractivity contribution in [2.24, 2.45) is 0 Å². The number of rotatable bonds is 4. The smallest absolute Gasteiger partial charge is 0.250 e. The van der Waals surface area contributed by atoms with Gasteiger partial charge in [-0.1, -0.05) is 41.1 Å². The van der Waals surface area contributed by atoms with Crippen molar-refractivity contribution in [3.05, 3.63) is 59.1 Å². The van der Waals surface area contributed by atoms with Gasteiger partial charge in [0.15, 0.2) is 5.13 Å². The van der Waals surface area contributed by atoms with Crippen LogP contribution < -0.4 is 10.6 Å². The maximum Gasteiger partial charge on any atom is 0.250 e. The summed E-state index contributed by atoms with van der Waals surface area (Å²) in [6, 6.07) is 12.7. The van der Waals surface area contributed by atoms with Crippen LogP contribution in [0, 0.1) is 0 Å². The number of nitrogens with one attached hydrogen (secondary N) is 2. The number of thiazole rings is 1. The predicted molar refractivity (Wildman–Crippen MR) is 103 cm³/mol. The Bertz CT molecular complexity index is 981. The molecule has 7 heteroatoms. The van der Waals surface area contributed by atoms with Crippen molar-refractivity contribution in [3.8, 4) is 0 Å². The minimum absolute atomic E-state index is 0.137. The van der Waals surface area contributed by atoms with E-state index in [1.54, 1.807) is 24.3 Å². The van der Waals surface area contributed by atoms with E-state index in [-0.39, 0.29) is 11.8 Å². The molecule has 3 aromatic rings. The van der Waals surface area contributed by atoms with E-state index in [9.17, 15) is 9.59 Å². The minimum Gasteiger partial charge on any atom is -0.326 e. The van der Waals surface area contributed by atoms with Crippen molar-refractivity contribution in [2.75, 3.05) is 10.6 Å². The molecule has 0 aliphatic carbocycles. The van der Waals surface area contributed by atoms with Crippen molar-refractivity contribution >= 4 is 61.9 Å². The molecule has 0 aliphatic heterocycles. The average Bonchev–Trinajstić information content (AvgIpc) is 2.95. The van der Waals surface area contributed by atoms with Gasteiger partial charge in [-0.2, -0.15) is 0 Å². The average molecular weight is 372 g/mol. The highest BCUT2D eigenvalue weighted by molar-refractivity contribution is 7.22. The number of nitrogens with zero attached hydrogens (tertiary/aromatic N) is 1. The zero-order valence-corrected chi connectivity index (χ0v) is 14.8. The number of hydrogen-bond acceptors (Lipinski definition) is 4. The fraction of sp³-hybridized carbons (Fsp3) is 0.0556. The molecule has 1 heterocycles. The molecular formula is C18H14ClN3O2S. The molecule has 25 heavy (non-hydrogen) atoms. The fourth-order valence-corrected chi connectivity index (χ4v) is 3.29. The highest BCUT2D eigenvalue weighted by Crippen LogP contribution is 2.28. The van der Waals surface area contributed by atoms with E-state index >= 15 is 0 Å². The number of carbonyl (C=O) groups is 2. The van der Waals surface area contributed by atoms with Gasteiger partial charge in [0.05, 0.1) is 10.2 Å². The van der Waals surface area contributed by atoms with Crippen molar-refractivity contribution in [1.82, 2.24) is 4.98 Å². The summed E-state index contributed by atoms with van der Waals surface area (Å²) in [6.07, 6.45) is 3.07. The zero-order chi connectivity index (χ0) is 17.8. The van der Waals surface area contributed by atoms with Crippen LogP contribution in [-0.4, -0.2) is 16.8 Å². The topological polar surface area (TPSA) is 71.1 Å². The number of fused-ring (bicyclic) bond motifs is 1. The lowest BCUT2D eigenvalue weighted by Gasteiger charge is -1.99. The van der Waals surface area contributed by atoms with Gasteiger partial charge in [0.25, 0.3) is 0 Å². The highest BCUT2D eigenvalue weighted by atomic mass is 35.5. The number of hydrogen-bond donors (Lipinski definition) is 2. The molecule has 0 unspecified atom stereocenters. The standard InChI is InChI=1S/C18H14ClN3O2S/c1-11(23)20-13-7-8-15-16(10-13)25-18(21-15)22-17(24)9-6-12-4-2-3-5-14(12)19/h2-10H,1H3,(H,20,23)(H,21,22,24). The minimum atomic E-state index is -0.291. The highest BCUT2D eigenvalue weighted by Gasteiger charge is 2.07. The van der Waals surface area contributed by atoms with Crippen molar-refractivity contribution < 1.29 is 9.59 Å². The van der Waals surface area contributed by atoms with Crippen molar-refractivity contribution in [3.63, 3.8) is 0 Å². The molecule has 0 saturated carbocycles. The lowest BCUT2D eigenvalue weighted by atomic mass is 10.2. The Morgan fingerprint density at radius 3 is 2.72 bits per heavy atom. The van der Waals surface area contributed by atoms with E-state index in [0.717, 1.165) is 15.8 Å². The van der Waals surface area contributed by atoms with Gasteiger partial charge in [0.1, 0.15) is 0 Å². The molecule has 2 N–H and O–H groups in total. The Morgan fingerprint density at radius 2 is 1.96 bits per heavy atom. The van der Waals surface area contributed by atoms with Gasteiger partial charge in [-0.25, -0.2) is 4.98 Å². The number of aromatic nitrogens is 1. The summed E-state index contributed by atoms with van der Waals surface area (Å²) in [5.41, 5.74) is 2.22.